The van der Waals surface area contributed by atoms with Crippen molar-refractivity contribution in [1.29, 1.82) is 0 Å². The van der Waals surface area contributed by atoms with Gasteiger partial charge in [0.2, 0.25) is 0 Å². The Bertz CT molecular complexity index is 492. The van der Waals surface area contributed by atoms with Crippen LogP contribution in [0.3, 0.4) is 0 Å². The lowest BCUT2D eigenvalue weighted by Gasteiger charge is -2.21. The molecule has 1 atom stereocenters. The van der Waals surface area contributed by atoms with E-state index in [0.29, 0.717) is 30.8 Å². The predicted octanol–water partition coefficient (Wildman–Crippen LogP) is 3.40. The smallest absolute Gasteiger partial charge is 0.305 e. The summed E-state index contributed by atoms with van der Waals surface area (Å²) in [6, 6.07) is 4.18. The zero-order valence-electron chi connectivity index (χ0n) is 14.4. The van der Waals surface area contributed by atoms with Crippen LogP contribution in [0.2, 0.25) is 0 Å². The normalized spacial score (nSPS) is 12.0. The van der Waals surface area contributed by atoms with Gasteiger partial charge in [-0.2, -0.15) is 0 Å². The number of hydrogen-bond donors (Lipinski definition) is 1. The standard InChI is InChI=1S/C18H27FO5/c1-3-5-10-22-16-8-7-14(19)12-15(16)17(23-11-9-20)13-24-18(21)6-4-2/h7-8,12,17,20H,3-6,9-11,13H2,1-2H3/t17-/m0/s1. The van der Waals surface area contributed by atoms with Gasteiger partial charge >= 0.3 is 5.97 Å². The van der Waals surface area contributed by atoms with Gasteiger partial charge in [0.15, 0.2) is 0 Å². The first-order valence-electron chi connectivity index (χ1n) is 8.42. The molecule has 1 aromatic carbocycles. The minimum Gasteiger partial charge on any atom is -0.493 e. The van der Waals surface area contributed by atoms with E-state index in [1.807, 2.05) is 6.92 Å². The molecule has 0 spiro atoms. The highest BCUT2D eigenvalue weighted by molar-refractivity contribution is 5.69. The van der Waals surface area contributed by atoms with E-state index in [-0.39, 0.29) is 25.8 Å². The number of aliphatic hydroxyl groups is 1. The third-order valence-electron chi connectivity index (χ3n) is 3.33. The highest BCUT2D eigenvalue weighted by atomic mass is 19.1. The molecule has 0 unspecified atom stereocenters. The summed E-state index contributed by atoms with van der Waals surface area (Å²) in [5.41, 5.74) is 0.476. The molecule has 0 aliphatic heterocycles. The van der Waals surface area contributed by atoms with Gasteiger partial charge in [-0.25, -0.2) is 4.39 Å². The number of ether oxygens (including phenoxy) is 3. The summed E-state index contributed by atoms with van der Waals surface area (Å²) in [6.45, 7) is 4.27. The summed E-state index contributed by atoms with van der Waals surface area (Å²) < 4.78 is 30.1. The quantitative estimate of drug-likeness (QED) is 0.466. The van der Waals surface area contributed by atoms with Crippen molar-refractivity contribution in [2.45, 2.75) is 45.6 Å². The zero-order chi connectivity index (χ0) is 17.8. The first-order valence-corrected chi connectivity index (χ1v) is 8.42. The van der Waals surface area contributed by atoms with Crippen LogP contribution in [-0.4, -0.2) is 37.5 Å². The van der Waals surface area contributed by atoms with Crippen LogP contribution in [0.5, 0.6) is 5.75 Å². The van der Waals surface area contributed by atoms with Crippen molar-refractivity contribution in [3.05, 3.63) is 29.6 Å². The van der Waals surface area contributed by atoms with Crippen molar-refractivity contribution < 1.29 is 28.5 Å². The predicted molar refractivity (Wildman–Crippen MR) is 88.4 cm³/mol. The molecule has 24 heavy (non-hydrogen) atoms. The Hall–Kier alpha value is -1.66. The van der Waals surface area contributed by atoms with Crippen molar-refractivity contribution in [2.75, 3.05) is 26.4 Å². The molecule has 0 aliphatic carbocycles. The second kappa shape index (κ2) is 11.8. The Morgan fingerprint density at radius 1 is 1.25 bits per heavy atom. The fraction of sp³-hybridized carbons (Fsp3) is 0.611. The Morgan fingerprint density at radius 3 is 2.71 bits per heavy atom. The van der Waals surface area contributed by atoms with Crippen LogP contribution < -0.4 is 4.74 Å². The van der Waals surface area contributed by atoms with Crippen LogP contribution in [0.25, 0.3) is 0 Å². The lowest BCUT2D eigenvalue weighted by atomic mass is 10.1. The van der Waals surface area contributed by atoms with Gasteiger partial charge in [-0.15, -0.1) is 0 Å². The average Bonchev–Trinajstić information content (AvgIpc) is 2.57. The molecule has 1 rings (SSSR count). The first kappa shape index (κ1) is 20.4. The Morgan fingerprint density at radius 2 is 2.04 bits per heavy atom. The summed E-state index contributed by atoms with van der Waals surface area (Å²) in [5.74, 6) is -0.260. The SMILES string of the molecule is CCCCOc1ccc(F)cc1[C@H](COC(=O)CCC)OCCO. The molecule has 136 valence electrons. The molecule has 1 aromatic rings. The lowest BCUT2D eigenvalue weighted by molar-refractivity contribution is -0.148. The molecule has 0 heterocycles. The molecule has 5 nitrogen and oxygen atoms in total. The van der Waals surface area contributed by atoms with E-state index in [0.717, 1.165) is 12.8 Å². The topological polar surface area (TPSA) is 65.0 Å². The number of hydrogen-bond acceptors (Lipinski definition) is 5. The van der Waals surface area contributed by atoms with Crippen molar-refractivity contribution in [3.8, 4) is 5.75 Å². The number of esters is 1. The zero-order valence-corrected chi connectivity index (χ0v) is 14.4. The largest absolute Gasteiger partial charge is 0.493 e. The molecule has 0 saturated heterocycles. The fourth-order valence-electron chi connectivity index (χ4n) is 2.10. The number of aliphatic hydroxyl groups excluding tert-OH is 1. The van der Waals surface area contributed by atoms with Crippen LogP contribution >= 0.6 is 0 Å². The maximum atomic E-state index is 13.7. The first-order chi connectivity index (χ1) is 11.6. The number of unbranched alkanes of at least 4 members (excludes halogenated alkanes) is 1. The van der Waals surface area contributed by atoms with E-state index < -0.39 is 11.9 Å². The van der Waals surface area contributed by atoms with Crippen LogP contribution in [0.15, 0.2) is 18.2 Å². The van der Waals surface area contributed by atoms with Gasteiger partial charge in [0.1, 0.15) is 24.3 Å². The minimum atomic E-state index is -0.690. The van der Waals surface area contributed by atoms with E-state index in [9.17, 15) is 9.18 Å². The molecule has 6 heteroatoms. The summed E-state index contributed by atoms with van der Waals surface area (Å²) >= 11 is 0. The van der Waals surface area contributed by atoms with E-state index in [1.54, 1.807) is 6.07 Å². The molecule has 0 radical (unpaired) electrons. The number of rotatable bonds is 12. The second-order valence-electron chi connectivity index (χ2n) is 5.40. The highest BCUT2D eigenvalue weighted by Gasteiger charge is 2.20. The van der Waals surface area contributed by atoms with Gasteiger partial charge in [0, 0.05) is 12.0 Å². The maximum absolute atomic E-state index is 13.7. The molecule has 0 saturated carbocycles. The Kier molecular flexibility index (Phi) is 10.0. The maximum Gasteiger partial charge on any atom is 0.305 e. The van der Waals surface area contributed by atoms with E-state index in [1.165, 1.54) is 12.1 Å². The Balaban J connectivity index is 2.88. The van der Waals surface area contributed by atoms with Crippen LogP contribution in [-0.2, 0) is 14.3 Å². The third kappa shape index (κ3) is 7.27. The second-order valence-corrected chi connectivity index (χ2v) is 5.40. The molecule has 1 N–H and O–H groups in total. The number of halogens is 1. The molecule has 0 aromatic heterocycles. The molecule has 0 aliphatic rings. The van der Waals surface area contributed by atoms with Gasteiger partial charge < -0.3 is 19.3 Å². The highest BCUT2D eigenvalue weighted by Crippen LogP contribution is 2.29. The third-order valence-corrected chi connectivity index (χ3v) is 3.33. The molecule has 0 amide bonds. The molecule has 0 fully saturated rings. The molecular formula is C18H27FO5. The van der Waals surface area contributed by atoms with E-state index >= 15 is 0 Å². The summed E-state index contributed by atoms with van der Waals surface area (Å²) in [4.78, 5) is 11.6. The van der Waals surface area contributed by atoms with E-state index in [2.05, 4.69) is 6.92 Å². The van der Waals surface area contributed by atoms with Gasteiger partial charge in [0.25, 0.3) is 0 Å². The van der Waals surface area contributed by atoms with Gasteiger partial charge in [0.05, 0.1) is 19.8 Å². The summed E-state index contributed by atoms with van der Waals surface area (Å²) in [7, 11) is 0. The molecular weight excluding hydrogens is 315 g/mol. The Labute approximate surface area is 142 Å². The van der Waals surface area contributed by atoms with Crippen molar-refractivity contribution in [3.63, 3.8) is 0 Å². The van der Waals surface area contributed by atoms with Gasteiger partial charge in [-0.1, -0.05) is 20.3 Å². The monoisotopic (exact) mass is 342 g/mol. The number of carbonyl (C=O) groups excluding carboxylic acids is 1. The number of carbonyl (C=O) groups is 1. The van der Waals surface area contributed by atoms with Crippen LogP contribution in [0.4, 0.5) is 4.39 Å². The van der Waals surface area contributed by atoms with Gasteiger partial charge in [-0.3, -0.25) is 4.79 Å². The fourth-order valence-corrected chi connectivity index (χ4v) is 2.10. The summed E-state index contributed by atoms with van der Waals surface area (Å²) in [6.07, 6.45) is 2.17. The van der Waals surface area contributed by atoms with Crippen molar-refractivity contribution in [2.24, 2.45) is 0 Å². The number of benzene rings is 1. The van der Waals surface area contributed by atoms with E-state index in [4.69, 9.17) is 19.3 Å². The molecule has 0 bridgehead atoms. The van der Waals surface area contributed by atoms with Crippen LogP contribution in [0.1, 0.15) is 51.2 Å². The summed E-state index contributed by atoms with van der Waals surface area (Å²) in [5, 5.41) is 8.98. The lowest BCUT2D eigenvalue weighted by Crippen LogP contribution is -2.18. The average molecular weight is 342 g/mol. The van der Waals surface area contributed by atoms with Crippen molar-refractivity contribution in [1.82, 2.24) is 0 Å². The van der Waals surface area contributed by atoms with Crippen molar-refractivity contribution >= 4 is 5.97 Å². The minimum absolute atomic E-state index is 0.0492. The van der Waals surface area contributed by atoms with Crippen LogP contribution in [0, 0.1) is 5.82 Å². The van der Waals surface area contributed by atoms with Gasteiger partial charge in [-0.05, 0) is 31.0 Å².